The number of rotatable bonds is 7. The number of carbonyl (C=O) groups is 1. The van der Waals surface area contributed by atoms with Gasteiger partial charge in [-0.3, -0.25) is 4.79 Å². The molecule has 2 saturated carbocycles. The molecule has 2 fully saturated rings. The van der Waals surface area contributed by atoms with Crippen LogP contribution >= 0.6 is 0 Å². The lowest BCUT2D eigenvalue weighted by Crippen LogP contribution is -2.30. The number of likely N-dealkylation sites (N-methyl/N-ethyl adjacent to an activating group) is 1. The number of hydrogen-bond acceptors (Lipinski definition) is 3. The zero-order valence-electron chi connectivity index (χ0n) is 18.8. The van der Waals surface area contributed by atoms with Crippen LogP contribution in [0.25, 0.3) is 5.57 Å². The maximum absolute atomic E-state index is 12.2. The molecule has 3 aliphatic carbocycles. The van der Waals surface area contributed by atoms with E-state index in [0.717, 1.165) is 44.4 Å². The summed E-state index contributed by atoms with van der Waals surface area (Å²) in [4.78, 5) is 14.4. The number of nitrogens with two attached hydrogens (primary N) is 1. The molecular weight excluding hydrogens is 372 g/mol. The van der Waals surface area contributed by atoms with Crippen LogP contribution in [0.2, 0.25) is 0 Å². The summed E-state index contributed by atoms with van der Waals surface area (Å²) in [5.41, 5.74) is 10.3. The third kappa shape index (κ3) is 4.36. The van der Waals surface area contributed by atoms with Crippen LogP contribution in [0.15, 0.2) is 24.3 Å². The van der Waals surface area contributed by atoms with E-state index in [9.17, 15) is 4.79 Å². The van der Waals surface area contributed by atoms with Crippen molar-refractivity contribution in [1.29, 1.82) is 0 Å². The fraction of sp³-hybridized carbons (Fsp3) is 0.654. The summed E-state index contributed by atoms with van der Waals surface area (Å²) in [5.74, 6) is -0.326. The van der Waals surface area contributed by atoms with Crippen molar-refractivity contribution in [3.8, 4) is 0 Å². The largest absolute Gasteiger partial charge is 0.369 e. The monoisotopic (exact) mass is 410 g/mol. The topological polar surface area (TPSA) is 55.6 Å². The third-order valence-corrected chi connectivity index (χ3v) is 7.86. The number of hydrogen-bond donors (Lipinski definition) is 1. The van der Waals surface area contributed by atoms with Crippen molar-refractivity contribution >= 4 is 11.5 Å². The van der Waals surface area contributed by atoms with Crippen molar-refractivity contribution in [3.63, 3.8) is 0 Å². The lowest BCUT2D eigenvalue weighted by atomic mass is 9.72. The van der Waals surface area contributed by atoms with Crippen molar-refractivity contribution in [2.24, 2.45) is 11.1 Å². The maximum atomic E-state index is 12.2. The standard InChI is InChI=1S/C26H38N2O2/c1-28(2)17-18-30-26(13-5-6-14-26)21-7-8-22(24(27)29)23(19-21)20-9-15-25(16-10-20)11-3-4-12-25/h7-9,19H,3-6,10-18H2,1-2H3,(H2,27,29). The van der Waals surface area contributed by atoms with Gasteiger partial charge in [0, 0.05) is 12.1 Å². The molecule has 0 aromatic heterocycles. The lowest BCUT2D eigenvalue weighted by molar-refractivity contribution is -0.0500. The average molecular weight is 411 g/mol. The molecule has 0 atom stereocenters. The molecule has 2 N–H and O–H groups in total. The number of primary amides is 1. The van der Waals surface area contributed by atoms with E-state index >= 15 is 0 Å². The Morgan fingerprint density at radius 2 is 1.77 bits per heavy atom. The quantitative estimate of drug-likeness (QED) is 0.667. The molecule has 1 amide bonds. The van der Waals surface area contributed by atoms with Crippen molar-refractivity contribution in [2.75, 3.05) is 27.2 Å². The predicted octanol–water partition coefficient (Wildman–Crippen LogP) is 5.26. The van der Waals surface area contributed by atoms with E-state index in [-0.39, 0.29) is 11.5 Å². The number of allylic oxidation sites excluding steroid dienone is 2. The summed E-state index contributed by atoms with van der Waals surface area (Å²) in [5, 5.41) is 0. The van der Waals surface area contributed by atoms with Gasteiger partial charge in [-0.1, -0.05) is 37.8 Å². The predicted molar refractivity (Wildman–Crippen MR) is 122 cm³/mol. The van der Waals surface area contributed by atoms with Gasteiger partial charge in [0.1, 0.15) is 0 Å². The number of benzene rings is 1. The van der Waals surface area contributed by atoms with Gasteiger partial charge >= 0.3 is 0 Å². The number of carbonyl (C=O) groups excluding carboxylic acids is 1. The Balaban J connectivity index is 1.64. The fourth-order valence-electron chi connectivity index (χ4n) is 5.96. The van der Waals surface area contributed by atoms with Gasteiger partial charge in [0.25, 0.3) is 0 Å². The molecule has 0 saturated heterocycles. The molecule has 0 bridgehead atoms. The minimum Gasteiger partial charge on any atom is -0.369 e. The molecule has 0 aliphatic heterocycles. The highest BCUT2D eigenvalue weighted by molar-refractivity contribution is 5.98. The average Bonchev–Trinajstić information content (AvgIpc) is 3.39. The summed E-state index contributed by atoms with van der Waals surface area (Å²) in [7, 11) is 4.16. The molecule has 0 radical (unpaired) electrons. The van der Waals surface area contributed by atoms with E-state index in [1.165, 1.54) is 56.1 Å². The molecule has 1 aromatic carbocycles. The minimum atomic E-state index is -0.326. The summed E-state index contributed by atoms with van der Waals surface area (Å²) in [6.45, 7) is 1.65. The van der Waals surface area contributed by atoms with E-state index < -0.39 is 0 Å². The maximum Gasteiger partial charge on any atom is 0.249 e. The van der Waals surface area contributed by atoms with Crippen molar-refractivity contribution in [1.82, 2.24) is 4.90 Å². The summed E-state index contributed by atoms with van der Waals surface area (Å²) >= 11 is 0. The summed E-state index contributed by atoms with van der Waals surface area (Å²) in [6.07, 6.45) is 15.8. The van der Waals surface area contributed by atoms with Gasteiger partial charge in [-0.15, -0.1) is 0 Å². The van der Waals surface area contributed by atoms with E-state index in [1.54, 1.807) is 0 Å². The van der Waals surface area contributed by atoms with Gasteiger partial charge in [0.2, 0.25) is 5.91 Å². The molecule has 164 valence electrons. The van der Waals surface area contributed by atoms with E-state index in [4.69, 9.17) is 10.5 Å². The second-order valence-corrected chi connectivity index (χ2v) is 10.1. The van der Waals surface area contributed by atoms with Gasteiger partial charge in [-0.05, 0) is 93.3 Å². The lowest BCUT2D eigenvalue weighted by Gasteiger charge is -2.34. The van der Waals surface area contributed by atoms with Gasteiger partial charge in [-0.25, -0.2) is 0 Å². The van der Waals surface area contributed by atoms with Crippen molar-refractivity contribution < 1.29 is 9.53 Å². The molecule has 0 unspecified atom stereocenters. The minimum absolute atomic E-state index is 0.219. The Bertz CT molecular complexity index is 799. The second kappa shape index (κ2) is 8.84. The van der Waals surface area contributed by atoms with Gasteiger partial charge in [-0.2, -0.15) is 0 Å². The van der Waals surface area contributed by atoms with Crippen molar-refractivity contribution in [2.45, 2.75) is 76.2 Å². The first-order chi connectivity index (χ1) is 14.4. The number of ether oxygens (including phenoxy) is 1. The second-order valence-electron chi connectivity index (χ2n) is 10.1. The molecule has 4 heteroatoms. The summed E-state index contributed by atoms with van der Waals surface area (Å²) in [6, 6.07) is 6.27. The van der Waals surface area contributed by atoms with E-state index in [0.29, 0.717) is 11.0 Å². The highest BCUT2D eigenvalue weighted by Crippen LogP contribution is 2.50. The Labute approximate surface area is 181 Å². The van der Waals surface area contributed by atoms with Crippen LogP contribution in [0.4, 0.5) is 0 Å². The van der Waals surface area contributed by atoms with Crippen LogP contribution < -0.4 is 5.73 Å². The van der Waals surface area contributed by atoms with Gasteiger partial charge < -0.3 is 15.4 Å². The number of nitrogens with zero attached hydrogens (tertiary/aromatic N) is 1. The molecule has 0 heterocycles. The normalized spacial score (nSPS) is 22.6. The molecule has 4 rings (SSSR count). The SMILES string of the molecule is CN(C)CCOC1(c2ccc(C(N)=O)c(C3=CCC4(CCCC4)CC3)c2)CCCC1. The molecule has 4 nitrogen and oxygen atoms in total. The highest BCUT2D eigenvalue weighted by atomic mass is 16.5. The van der Waals surface area contributed by atoms with Gasteiger partial charge in [0.15, 0.2) is 0 Å². The third-order valence-electron chi connectivity index (χ3n) is 7.86. The van der Waals surface area contributed by atoms with Crippen LogP contribution in [0.5, 0.6) is 0 Å². The van der Waals surface area contributed by atoms with Crippen LogP contribution in [-0.2, 0) is 10.3 Å². The molecule has 1 aromatic rings. The Hall–Kier alpha value is -1.65. The molecule has 3 aliphatic rings. The fourth-order valence-corrected chi connectivity index (χ4v) is 5.96. The Morgan fingerprint density at radius 3 is 2.37 bits per heavy atom. The molecule has 1 spiro atoms. The van der Waals surface area contributed by atoms with Crippen LogP contribution in [-0.4, -0.2) is 38.1 Å². The zero-order valence-corrected chi connectivity index (χ0v) is 18.8. The van der Waals surface area contributed by atoms with E-state index in [2.05, 4.69) is 37.2 Å². The first-order valence-corrected chi connectivity index (χ1v) is 11.9. The Kier molecular flexibility index (Phi) is 6.36. The first kappa shape index (κ1) is 21.6. The summed E-state index contributed by atoms with van der Waals surface area (Å²) < 4.78 is 6.53. The van der Waals surface area contributed by atoms with Gasteiger partial charge in [0.05, 0.1) is 12.2 Å². The molecule has 30 heavy (non-hydrogen) atoms. The zero-order chi connectivity index (χ0) is 21.2. The van der Waals surface area contributed by atoms with Crippen LogP contribution in [0.3, 0.4) is 0 Å². The van der Waals surface area contributed by atoms with Crippen LogP contribution in [0.1, 0.15) is 92.1 Å². The van der Waals surface area contributed by atoms with E-state index in [1.807, 2.05) is 6.07 Å². The molecular formula is C26H38N2O2. The highest BCUT2D eigenvalue weighted by Gasteiger charge is 2.38. The first-order valence-electron chi connectivity index (χ1n) is 11.9. The van der Waals surface area contributed by atoms with Crippen LogP contribution in [0, 0.1) is 5.41 Å². The van der Waals surface area contributed by atoms with Crippen molar-refractivity contribution in [3.05, 3.63) is 41.0 Å². The number of amides is 1. The Morgan fingerprint density at radius 1 is 1.07 bits per heavy atom. The smallest absolute Gasteiger partial charge is 0.249 e.